The van der Waals surface area contributed by atoms with E-state index in [1.54, 1.807) is 30.5 Å². The number of aromatic nitrogens is 1. The molecule has 0 spiro atoms. The van der Waals surface area contributed by atoms with Crippen LogP contribution < -0.4 is 5.32 Å². The first-order valence-electron chi connectivity index (χ1n) is 5.13. The molecule has 1 atom stereocenters. The fraction of sp³-hybridized carbons (Fsp3) is 0.250. The molecule has 84 valence electrons. The number of phenolic OH excluding ortho intramolecular Hbond substituents is 1. The van der Waals surface area contributed by atoms with E-state index in [0.717, 1.165) is 11.3 Å². The van der Waals surface area contributed by atoms with Crippen LogP contribution >= 0.6 is 0 Å². The second kappa shape index (κ2) is 4.37. The molecule has 0 aliphatic carbocycles. The maximum Gasteiger partial charge on any atom is 0.226 e. The lowest BCUT2D eigenvalue weighted by atomic mass is 10.2. The van der Waals surface area contributed by atoms with Crippen molar-refractivity contribution in [2.75, 3.05) is 7.05 Å². The van der Waals surface area contributed by atoms with E-state index in [4.69, 9.17) is 4.42 Å². The Hall–Kier alpha value is -1.81. The molecule has 1 aromatic carbocycles. The number of hydrogen-bond donors (Lipinski definition) is 2. The van der Waals surface area contributed by atoms with Crippen molar-refractivity contribution in [1.29, 1.82) is 0 Å². The summed E-state index contributed by atoms with van der Waals surface area (Å²) in [7, 11) is 1.87. The van der Waals surface area contributed by atoms with Crippen molar-refractivity contribution < 1.29 is 9.52 Å². The summed E-state index contributed by atoms with van der Waals surface area (Å²) in [6.45, 7) is 2.00. The van der Waals surface area contributed by atoms with Crippen LogP contribution in [0.25, 0.3) is 11.5 Å². The van der Waals surface area contributed by atoms with Gasteiger partial charge in [-0.1, -0.05) is 0 Å². The lowest BCUT2D eigenvalue weighted by Crippen LogP contribution is -2.11. The Morgan fingerprint density at radius 1 is 1.31 bits per heavy atom. The van der Waals surface area contributed by atoms with E-state index in [9.17, 15) is 5.11 Å². The third-order valence-electron chi connectivity index (χ3n) is 2.50. The molecule has 0 saturated carbocycles. The van der Waals surface area contributed by atoms with Crippen molar-refractivity contribution in [2.24, 2.45) is 0 Å². The zero-order valence-electron chi connectivity index (χ0n) is 9.27. The second-order valence-electron chi connectivity index (χ2n) is 3.63. The number of rotatable bonds is 3. The molecule has 2 aromatic rings. The highest BCUT2D eigenvalue weighted by molar-refractivity contribution is 5.54. The predicted octanol–water partition coefficient (Wildman–Crippen LogP) is 2.33. The highest BCUT2D eigenvalue weighted by Gasteiger charge is 2.10. The third-order valence-corrected chi connectivity index (χ3v) is 2.50. The van der Waals surface area contributed by atoms with E-state index in [-0.39, 0.29) is 11.8 Å². The minimum atomic E-state index is 0.137. The average Bonchev–Trinajstić information content (AvgIpc) is 2.78. The first-order valence-corrected chi connectivity index (χ1v) is 5.13. The van der Waals surface area contributed by atoms with Gasteiger partial charge < -0.3 is 14.8 Å². The van der Waals surface area contributed by atoms with Crippen molar-refractivity contribution in [3.63, 3.8) is 0 Å². The van der Waals surface area contributed by atoms with E-state index in [0.29, 0.717) is 5.89 Å². The summed E-state index contributed by atoms with van der Waals surface area (Å²) in [5.74, 6) is 1.60. The summed E-state index contributed by atoms with van der Waals surface area (Å²) in [5.41, 5.74) is 0.854. The molecule has 1 unspecified atom stereocenters. The number of oxazole rings is 1. The van der Waals surface area contributed by atoms with Gasteiger partial charge in [-0.15, -0.1) is 0 Å². The molecule has 0 aliphatic heterocycles. The first-order chi connectivity index (χ1) is 7.70. The quantitative estimate of drug-likeness (QED) is 0.830. The minimum absolute atomic E-state index is 0.137. The highest BCUT2D eigenvalue weighted by atomic mass is 16.4. The molecule has 1 heterocycles. The van der Waals surface area contributed by atoms with Crippen LogP contribution in [0, 0.1) is 0 Å². The summed E-state index contributed by atoms with van der Waals surface area (Å²) >= 11 is 0. The van der Waals surface area contributed by atoms with Gasteiger partial charge in [-0.3, -0.25) is 0 Å². The molecule has 16 heavy (non-hydrogen) atoms. The zero-order chi connectivity index (χ0) is 11.5. The Morgan fingerprint density at radius 3 is 2.62 bits per heavy atom. The van der Waals surface area contributed by atoms with E-state index in [1.165, 1.54) is 0 Å². The van der Waals surface area contributed by atoms with Crippen LogP contribution in [0.2, 0.25) is 0 Å². The predicted molar refractivity (Wildman–Crippen MR) is 61.1 cm³/mol. The van der Waals surface area contributed by atoms with Crippen molar-refractivity contribution in [1.82, 2.24) is 10.3 Å². The van der Waals surface area contributed by atoms with Gasteiger partial charge in [-0.05, 0) is 38.2 Å². The third kappa shape index (κ3) is 2.06. The molecule has 0 radical (unpaired) electrons. The monoisotopic (exact) mass is 218 g/mol. The van der Waals surface area contributed by atoms with Gasteiger partial charge in [0.1, 0.15) is 11.5 Å². The Morgan fingerprint density at radius 2 is 2.00 bits per heavy atom. The van der Waals surface area contributed by atoms with Crippen molar-refractivity contribution in [3.05, 3.63) is 36.2 Å². The number of nitrogens with zero attached hydrogens (tertiary/aromatic N) is 1. The van der Waals surface area contributed by atoms with Gasteiger partial charge in [0.05, 0.1) is 12.2 Å². The van der Waals surface area contributed by atoms with Crippen LogP contribution in [-0.2, 0) is 0 Å². The van der Waals surface area contributed by atoms with Crippen molar-refractivity contribution in [3.8, 4) is 17.2 Å². The van der Waals surface area contributed by atoms with E-state index >= 15 is 0 Å². The van der Waals surface area contributed by atoms with Crippen molar-refractivity contribution in [2.45, 2.75) is 13.0 Å². The fourth-order valence-corrected chi connectivity index (χ4v) is 1.37. The molecule has 0 fully saturated rings. The number of nitrogens with one attached hydrogen (secondary N) is 1. The molecule has 0 amide bonds. The lowest BCUT2D eigenvalue weighted by molar-refractivity contribution is 0.456. The standard InChI is InChI=1S/C12H14N2O2/c1-8(13-2)11-7-14-12(16-11)9-3-5-10(15)6-4-9/h3-8,13,15H,1-2H3. The SMILES string of the molecule is CNC(C)c1cnc(-c2ccc(O)cc2)o1. The van der Waals surface area contributed by atoms with Gasteiger partial charge in [0.25, 0.3) is 0 Å². The van der Waals surface area contributed by atoms with Gasteiger partial charge in [-0.2, -0.15) is 0 Å². The van der Waals surface area contributed by atoms with Gasteiger partial charge >= 0.3 is 0 Å². The fourth-order valence-electron chi connectivity index (χ4n) is 1.37. The maximum atomic E-state index is 9.17. The summed E-state index contributed by atoms with van der Waals surface area (Å²) in [5, 5.41) is 12.3. The molecular formula is C12H14N2O2. The van der Waals surface area contributed by atoms with Crippen LogP contribution in [0.3, 0.4) is 0 Å². The van der Waals surface area contributed by atoms with Gasteiger partial charge in [0.15, 0.2) is 0 Å². The molecule has 2 rings (SSSR count). The number of aromatic hydroxyl groups is 1. The van der Waals surface area contributed by atoms with Gasteiger partial charge in [-0.25, -0.2) is 4.98 Å². The van der Waals surface area contributed by atoms with Crippen LogP contribution in [-0.4, -0.2) is 17.1 Å². The second-order valence-corrected chi connectivity index (χ2v) is 3.63. The first kappa shape index (κ1) is 10.7. The number of phenols is 1. The largest absolute Gasteiger partial charge is 0.508 e. The van der Waals surface area contributed by atoms with Gasteiger partial charge in [0, 0.05) is 5.56 Å². The smallest absolute Gasteiger partial charge is 0.226 e. The lowest BCUT2D eigenvalue weighted by Gasteiger charge is -2.04. The molecule has 0 bridgehead atoms. The van der Waals surface area contributed by atoms with Crippen LogP contribution in [0.15, 0.2) is 34.9 Å². The Kier molecular flexibility index (Phi) is 2.92. The van der Waals surface area contributed by atoms with Crippen LogP contribution in [0.5, 0.6) is 5.75 Å². The molecule has 0 saturated heterocycles. The summed E-state index contributed by atoms with van der Waals surface area (Å²) in [6.07, 6.45) is 1.71. The topological polar surface area (TPSA) is 58.3 Å². The van der Waals surface area contributed by atoms with Crippen LogP contribution in [0.4, 0.5) is 0 Å². The summed E-state index contributed by atoms with van der Waals surface area (Å²) in [4.78, 5) is 4.20. The van der Waals surface area contributed by atoms with E-state index in [2.05, 4.69) is 10.3 Å². The molecule has 4 heteroatoms. The molecule has 1 aromatic heterocycles. The Bertz CT molecular complexity index is 462. The van der Waals surface area contributed by atoms with E-state index < -0.39 is 0 Å². The average molecular weight is 218 g/mol. The zero-order valence-corrected chi connectivity index (χ0v) is 9.27. The number of benzene rings is 1. The van der Waals surface area contributed by atoms with Gasteiger partial charge in [0.2, 0.25) is 5.89 Å². The molecule has 4 nitrogen and oxygen atoms in total. The normalized spacial score (nSPS) is 12.6. The Balaban J connectivity index is 2.28. The Labute approximate surface area is 93.9 Å². The highest BCUT2D eigenvalue weighted by Crippen LogP contribution is 2.23. The van der Waals surface area contributed by atoms with Crippen LogP contribution in [0.1, 0.15) is 18.7 Å². The molecule has 0 aliphatic rings. The number of hydrogen-bond acceptors (Lipinski definition) is 4. The van der Waals surface area contributed by atoms with E-state index in [1.807, 2.05) is 14.0 Å². The van der Waals surface area contributed by atoms with Crippen molar-refractivity contribution >= 4 is 0 Å². The summed E-state index contributed by atoms with van der Waals surface area (Å²) in [6, 6.07) is 6.91. The minimum Gasteiger partial charge on any atom is -0.508 e. The maximum absolute atomic E-state index is 9.17. The summed E-state index contributed by atoms with van der Waals surface area (Å²) < 4.78 is 5.61. The molecular weight excluding hydrogens is 204 g/mol. The molecule has 2 N–H and O–H groups in total.